The zero-order chi connectivity index (χ0) is 19.1. The standard InChI is InChI=1S/C23H22N2O2/c1-17-8-11-21(14-18(17)2)23(26)25-24-15-19-9-12-22(13-10-19)27-16-20-6-4-3-5-7-20/h3-15H,16H2,1-2H3,(H,25,26). The van der Waals surface area contributed by atoms with E-state index in [1.165, 1.54) is 0 Å². The van der Waals surface area contributed by atoms with Gasteiger partial charge in [0.1, 0.15) is 12.4 Å². The van der Waals surface area contributed by atoms with Crippen LogP contribution < -0.4 is 10.2 Å². The maximum absolute atomic E-state index is 12.1. The molecule has 0 aromatic heterocycles. The molecule has 3 aromatic carbocycles. The molecule has 0 aliphatic carbocycles. The first-order chi connectivity index (χ1) is 13.1. The molecule has 0 saturated carbocycles. The van der Waals surface area contributed by atoms with Crippen LogP contribution >= 0.6 is 0 Å². The molecule has 0 radical (unpaired) electrons. The number of aryl methyl sites for hydroxylation is 2. The van der Waals surface area contributed by atoms with Crippen molar-refractivity contribution in [3.8, 4) is 5.75 Å². The second-order valence-corrected chi connectivity index (χ2v) is 6.34. The molecule has 1 N–H and O–H groups in total. The van der Waals surface area contributed by atoms with Crippen molar-refractivity contribution < 1.29 is 9.53 Å². The zero-order valence-electron chi connectivity index (χ0n) is 15.5. The second kappa shape index (κ2) is 8.81. The number of carbonyl (C=O) groups is 1. The topological polar surface area (TPSA) is 50.7 Å². The summed E-state index contributed by atoms with van der Waals surface area (Å²) in [6, 6.07) is 23.2. The fourth-order valence-corrected chi connectivity index (χ4v) is 2.50. The number of hydrogen-bond donors (Lipinski definition) is 1. The lowest BCUT2D eigenvalue weighted by molar-refractivity contribution is 0.0955. The minimum Gasteiger partial charge on any atom is -0.489 e. The number of benzene rings is 3. The Hall–Kier alpha value is -3.40. The smallest absolute Gasteiger partial charge is 0.271 e. The van der Waals surface area contributed by atoms with Gasteiger partial charge < -0.3 is 4.74 Å². The molecule has 4 nitrogen and oxygen atoms in total. The predicted octanol–water partition coefficient (Wildman–Crippen LogP) is 4.65. The third-order valence-corrected chi connectivity index (χ3v) is 4.28. The number of hydrazone groups is 1. The number of carbonyl (C=O) groups excluding carboxylic acids is 1. The fraction of sp³-hybridized carbons (Fsp3) is 0.130. The van der Waals surface area contributed by atoms with Crippen molar-refractivity contribution in [1.82, 2.24) is 5.43 Å². The van der Waals surface area contributed by atoms with Gasteiger partial charge in [0.05, 0.1) is 6.21 Å². The molecule has 3 aromatic rings. The minimum atomic E-state index is -0.225. The van der Waals surface area contributed by atoms with E-state index in [4.69, 9.17) is 4.74 Å². The highest BCUT2D eigenvalue weighted by Crippen LogP contribution is 2.13. The molecule has 0 unspecified atom stereocenters. The summed E-state index contributed by atoms with van der Waals surface area (Å²) in [7, 11) is 0. The van der Waals surface area contributed by atoms with Crippen LogP contribution in [0.25, 0.3) is 0 Å². The van der Waals surface area contributed by atoms with Crippen LogP contribution in [0.3, 0.4) is 0 Å². The number of ether oxygens (including phenoxy) is 1. The van der Waals surface area contributed by atoms with Gasteiger partial charge in [-0.2, -0.15) is 5.10 Å². The van der Waals surface area contributed by atoms with Gasteiger partial charge in [-0.3, -0.25) is 4.79 Å². The van der Waals surface area contributed by atoms with Crippen LogP contribution in [0.5, 0.6) is 5.75 Å². The molecule has 27 heavy (non-hydrogen) atoms. The highest BCUT2D eigenvalue weighted by Gasteiger charge is 2.05. The molecular formula is C23H22N2O2. The van der Waals surface area contributed by atoms with E-state index in [0.29, 0.717) is 12.2 Å². The highest BCUT2D eigenvalue weighted by atomic mass is 16.5. The Kier molecular flexibility index (Phi) is 6.00. The molecule has 136 valence electrons. The van der Waals surface area contributed by atoms with E-state index in [2.05, 4.69) is 10.5 Å². The molecule has 0 aliphatic rings. The van der Waals surface area contributed by atoms with E-state index >= 15 is 0 Å². The Bertz CT molecular complexity index is 932. The van der Waals surface area contributed by atoms with Crippen LogP contribution in [-0.4, -0.2) is 12.1 Å². The predicted molar refractivity (Wildman–Crippen MR) is 108 cm³/mol. The quantitative estimate of drug-likeness (QED) is 0.515. The molecule has 0 heterocycles. The summed E-state index contributed by atoms with van der Waals surface area (Å²) in [6.45, 7) is 4.53. The van der Waals surface area contributed by atoms with Crippen molar-refractivity contribution in [3.63, 3.8) is 0 Å². The SMILES string of the molecule is Cc1ccc(C(=O)NN=Cc2ccc(OCc3ccccc3)cc2)cc1C. The normalized spacial score (nSPS) is 10.7. The third-order valence-electron chi connectivity index (χ3n) is 4.28. The van der Waals surface area contributed by atoms with Crippen molar-refractivity contribution in [3.05, 3.63) is 101 Å². The van der Waals surface area contributed by atoms with Gasteiger partial charge in [-0.1, -0.05) is 36.4 Å². The second-order valence-electron chi connectivity index (χ2n) is 6.34. The van der Waals surface area contributed by atoms with E-state index < -0.39 is 0 Å². The summed E-state index contributed by atoms with van der Waals surface area (Å²) in [5, 5.41) is 4.03. The summed E-state index contributed by atoms with van der Waals surface area (Å²) in [6.07, 6.45) is 1.61. The Labute approximate surface area is 159 Å². The third kappa shape index (κ3) is 5.28. The molecule has 0 fully saturated rings. The number of amides is 1. The van der Waals surface area contributed by atoms with Crippen LogP contribution in [0.1, 0.15) is 32.6 Å². The average Bonchev–Trinajstić information content (AvgIpc) is 2.70. The summed E-state index contributed by atoms with van der Waals surface area (Å²) in [5.41, 5.74) is 7.39. The van der Waals surface area contributed by atoms with Gasteiger partial charge in [-0.05, 0) is 72.5 Å². The molecule has 3 rings (SSSR count). The summed E-state index contributed by atoms with van der Waals surface area (Å²) >= 11 is 0. The van der Waals surface area contributed by atoms with Gasteiger partial charge in [-0.15, -0.1) is 0 Å². The number of nitrogens with zero attached hydrogens (tertiary/aromatic N) is 1. The van der Waals surface area contributed by atoms with Crippen LogP contribution in [-0.2, 0) is 6.61 Å². The molecule has 1 amide bonds. The summed E-state index contributed by atoms with van der Waals surface area (Å²) < 4.78 is 5.75. The molecule has 0 aliphatic heterocycles. The van der Waals surface area contributed by atoms with Gasteiger partial charge in [0.2, 0.25) is 0 Å². The van der Waals surface area contributed by atoms with E-state index in [-0.39, 0.29) is 5.91 Å². The van der Waals surface area contributed by atoms with Crippen LogP contribution in [0.15, 0.2) is 77.9 Å². The maximum atomic E-state index is 12.1. The van der Waals surface area contributed by atoms with Crippen LogP contribution in [0.2, 0.25) is 0 Å². The zero-order valence-corrected chi connectivity index (χ0v) is 15.5. The van der Waals surface area contributed by atoms with E-state index in [1.54, 1.807) is 12.3 Å². The maximum Gasteiger partial charge on any atom is 0.271 e. The van der Waals surface area contributed by atoms with Crippen molar-refractivity contribution in [2.45, 2.75) is 20.5 Å². The van der Waals surface area contributed by atoms with Crippen molar-refractivity contribution in [1.29, 1.82) is 0 Å². The number of nitrogens with one attached hydrogen (secondary N) is 1. The number of rotatable bonds is 6. The summed E-state index contributed by atoms with van der Waals surface area (Å²) in [4.78, 5) is 12.1. The molecule has 0 spiro atoms. The molecular weight excluding hydrogens is 336 g/mol. The lowest BCUT2D eigenvalue weighted by Gasteiger charge is -2.06. The molecule has 4 heteroatoms. The first-order valence-electron chi connectivity index (χ1n) is 8.79. The van der Waals surface area contributed by atoms with Crippen molar-refractivity contribution in [2.75, 3.05) is 0 Å². The van der Waals surface area contributed by atoms with E-state index in [9.17, 15) is 4.79 Å². The van der Waals surface area contributed by atoms with Gasteiger partial charge in [0, 0.05) is 5.56 Å². The molecule has 0 atom stereocenters. The van der Waals surface area contributed by atoms with E-state index in [0.717, 1.165) is 28.0 Å². The van der Waals surface area contributed by atoms with Crippen molar-refractivity contribution >= 4 is 12.1 Å². The molecule has 0 saturated heterocycles. The van der Waals surface area contributed by atoms with E-state index in [1.807, 2.05) is 80.6 Å². The van der Waals surface area contributed by atoms with Gasteiger partial charge in [0.25, 0.3) is 5.91 Å². The Morgan fingerprint density at radius 3 is 2.41 bits per heavy atom. The lowest BCUT2D eigenvalue weighted by atomic mass is 10.1. The first kappa shape index (κ1) is 18.4. The van der Waals surface area contributed by atoms with Gasteiger partial charge in [0.15, 0.2) is 0 Å². The largest absolute Gasteiger partial charge is 0.489 e. The van der Waals surface area contributed by atoms with Crippen LogP contribution in [0.4, 0.5) is 0 Å². The Morgan fingerprint density at radius 2 is 1.70 bits per heavy atom. The summed E-state index contributed by atoms with van der Waals surface area (Å²) in [5.74, 6) is 0.562. The fourth-order valence-electron chi connectivity index (χ4n) is 2.50. The Balaban J connectivity index is 1.53. The first-order valence-corrected chi connectivity index (χ1v) is 8.79. The average molecular weight is 358 g/mol. The number of hydrogen-bond acceptors (Lipinski definition) is 3. The van der Waals surface area contributed by atoms with Gasteiger partial charge in [-0.25, -0.2) is 5.43 Å². The minimum absolute atomic E-state index is 0.225. The Morgan fingerprint density at radius 1 is 0.963 bits per heavy atom. The molecule has 0 bridgehead atoms. The lowest BCUT2D eigenvalue weighted by Crippen LogP contribution is -2.17. The van der Waals surface area contributed by atoms with Gasteiger partial charge >= 0.3 is 0 Å². The van der Waals surface area contributed by atoms with Crippen molar-refractivity contribution in [2.24, 2.45) is 5.10 Å². The monoisotopic (exact) mass is 358 g/mol. The van der Waals surface area contributed by atoms with Crippen LogP contribution in [0, 0.1) is 13.8 Å². The highest BCUT2D eigenvalue weighted by molar-refractivity contribution is 5.95.